The van der Waals surface area contributed by atoms with Gasteiger partial charge in [0.25, 0.3) is 0 Å². The van der Waals surface area contributed by atoms with Crippen LogP contribution in [-0.4, -0.2) is 22.2 Å². The molecule has 1 rings (SSSR count). The molecular weight excluding hydrogens is 279 g/mol. The monoisotopic (exact) mass is 292 g/mol. The number of hydrogen-bond acceptors (Lipinski definition) is 2. The smallest absolute Gasteiger partial charge is 0.106 e. The second-order valence-corrected chi connectivity index (χ2v) is 4.75. The van der Waals surface area contributed by atoms with Gasteiger partial charge in [-0.2, -0.15) is 0 Å². The van der Waals surface area contributed by atoms with Gasteiger partial charge in [0, 0.05) is 10.4 Å². The molecule has 0 fully saturated rings. The van der Waals surface area contributed by atoms with Crippen molar-refractivity contribution in [2.45, 2.75) is 25.6 Å². The van der Waals surface area contributed by atoms with Crippen molar-refractivity contribution >= 4 is 27.5 Å². The molecule has 1 aromatic carbocycles. The molecule has 0 spiro atoms. The fourth-order valence-electron chi connectivity index (χ4n) is 1.37. The molecule has 0 bridgehead atoms. The van der Waals surface area contributed by atoms with Crippen LogP contribution in [0.15, 0.2) is 22.7 Å². The van der Waals surface area contributed by atoms with E-state index in [0.29, 0.717) is 17.9 Å². The molecule has 0 aromatic heterocycles. The SMILES string of the molecule is Cc1ccc(Br)c(C(O)C(O)CCCl)c1. The number of halogens is 2. The third kappa shape index (κ3) is 3.45. The van der Waals surface area contributed by atoms with Crippen molar-refractivity contribution in [2.75, 3.05) is 5.88 Å². The Morgan fingerprint density at radius 1 is 1.40 bits per heavy atom. The lowest BCUT2D eigenvalue weighted by atomic mass is 10.0. The molecule has 0 aliphatic rings. The van der Waals surface area contributed by atoms with Gasteiger partial charge in [-0.1, -0.05) is 33.6 Å². The van der Waals surface area contributed by atoms with Crippen LogP contribution in [0, 0.1) is 6.92 Å². The first-order valence-corrected chi connectivity index (χ1v) is 6.07. The van der Waals surface area contributed by atoms with E-state index in [2.05, 4.69) is 15.9 Å². The van der Waals surface area contributed by atoms with Crippen LogP contribution in [0.1, 0.15) is 23.7 Å². The Balaban J connectivity index is 2.89. The number of hydrogen-bond donors (Lipinski definition) is 2. The van der Waals surface area contributed by atoms with Gasteiger partial charge in [-0.05, 0) is 25.0 Å². The Labute approximate surface area is 103 Å². The van der Waals surface area contributed by atoms with E-state index in [0.717, 1.165) is 10.0 Å². The summed E-state index contributed by atoms with van der Waals surface area (Å²) >= 11 is 8.86. The van der Waals surface area contributed by atoms with Gasteiger partial charge in [-0.25, -0.2) is 0 Å². The topological polar surface area (TPSA) is 40.5 Å². The highest BCUT2D eigenvalue weighted by atomic mass is 79.9. The molecule has 15 heavy (non-hydrogen) atoms. The highest BCUT2D eigenvalue weighted by Gasteiger charge is 2.19. The summed E-state index contributed by atoms with van der Waals surface area (Å²) in [5.41, 5.74) is 1.75. The second-order valence-electron chi connectivity index (χ2n) is 3.51. The van der Waals surface area contributed by atoms with Crippen molar-refractivity contribution in [1.82, 2.24) is 0 Å². The van der Waals surface area contributed by atoms with Crippen LogP contribution in [0.25, 0.3) is 0 Å². The molecule has 2 atom stereocenters. The molecule has 1 aromatic rings. The molecule has 0 aliphatic heterocycles. The van der Waals surface area contributed by atoms with Crippen molar-refractivity contribution in [3.63, 3.8) is 0 Å². The minimum Gasteiger partial charge on any atom is -0.390 e. The molecule has 2 nitrogen and oxygen atoms in total. The maximum absolute atomic E-state index is 9.89. The van der Waals surface area contributed by atoms with E-state index in [9.17, 15) is 10.2 Å². The molecule has 2 N–H and O–H groups in total. The highest BCUT2D eigenvalue weighted by Crippen LogP contribution is 2.27. The maximum Gasteiger partial charge on any atom is 0.106 e. The summed E-state index contributed by atoms with van der Waals surface area (Å²) < 4.78 is 0.800. The minimum atomic E-state index is -0.891. The van der Waals surface area contributed by atoms with Crippen LogP contribution >= 0.6 is 27.5 Å². The molecular formula is C11H14BrClO2. The molecule has 4 heteroatoms. The maximum atomic E-state index is 9.89. The predicted molar refractivity (Wildman–Crippen MR) is 65.2 cm³/mol. The molecule has 2 unspecified atom stereocenters. The Bertz CT molecular complexity index is 330. The summed E-state index contributed by atoms with van der Waals surface area (Å²) in [5.74, 6) is 0.335. The van der Waals surface area contributed by atoms with E-state index in [1.54, 1.807) is 0 Å². The first-order valence-electron chi connectivity index (χ1n) is 4.74. The van der Waals surface area contributed by atoms with Crippen molar-refractivity contribution in [3.05, 3.63) is 33.8 Å². The second kappa shape index (κ2) is 5.85. The molecule has 0 aliphatic carbocycles. The Morgan fingerprint density at radius 3 is 2.67 bits per heavy atom. The lowest BCUT2D eigenvalue weighted by Gasteiger charge is -2.18. The number of aliphatic hydroxyl groups is 2. The van der Waals surface area contributed by atoms with E-state index in [1.807, 2.05) is 25.1 Å². The molecule has 0 saturated heterocycles. The summed E-state index contributed by atoms with van der Waals surface area (Å²) in [5, 5.41) is 19.5. The zero-order valence-electron chi connectivity index (χ0n) is 8.45. The number of benzene rings is 1. The summed E-state index contributed by atoms with van der Waals surface area (Å²) in [6.45, 7) is 1.94. The largest absolute Gasteiger partial charge is 0.390 e. The van der Waals surface area contributed by atoms with Crippen LogP contribution in [0.3, 0.4) is 0 Å². The lowest BCUT2D eigenvalue weighted by molar-refractivity contribution is 0.0165. The average Bonchev–Trinajstić information content (AvgIpc) is 2.21. The van der Waals surface area contributed by atoms with Gasteiger partial charge in [0.05, 0.1) is 6.10 Å². The van der Waals surface area contributed by atoms with E-state index in [4.69, 9.17) is 11.6 Å². The first kappa shape index (κ1) is 13.0. The molecule has 0 saturated carbocycles. The van der Waals surface area contributed by atoms with Gasteiger partial charge in [0.1, 0.15) is 6.10 Å². The van der Waals surface area contributed by atoms with Gasteiger partial charge in [-0.3, -0.25) is 0 Å². The van der Waals surface area contributed by atoms with Crippen molar-refractivity contribution < 1.29 is 10.2 Å². The molecule has 0 radical (unpaired) electrons. The molecule has 84 valence electrons. The Kier molecular flexibility index (Phi) is 5.06. The van der Waals surface area contributed by atoms with E-state index < -0.39 is 12.2 Å². The minimum absolute atomic E-state index is 0.335. The predicted octanol–water partition coefficient (Wildman–Crippen LogP) is 2.78. The summed E-state index contributed by atoms with van der Waals surface area (Å²) in [7, 11) is 0. The normalized spacial score (nSPS) is 15.0. The Hall–Kier alpha value is -0.0900. The zero-order valence-corrected chi connectivity index (χ0v) is 10.8. The molecule has 0 heterocycles. The van der Waals surface area contributed by atoms with Gasteiger partial charge >= 0.3 is 0 Å². The number of aliphatic hydroxyl groups excluding tert-OH is 2. The van der Waals surface area contributed by atoms with E-state index >= 15 is 0 Å². The lowest BCUT2D eigenvalue weighted by Crippen LogP contribution is -2.19. The van der Waals surface area contributed by atoms with Crippen LogP contribution in [-0.2, 0) is 0 Å². The fraction of sp³-hybridized carbons (Fsp3) is 0.455. The number of aryl methyl sites for hydroxylation is 1. The third-order valence-corrected chi connectivity index (χ3v) is 3.18. The van der Waals surface area contributed by atoms with Crippen LogP contribution < -0.4 is 0 Å². The standard InChI is InChI=1S/C11H14BrClO2/c1-7-2-3-9(12)8(6-7)11(15)10(14)4-5-13/h2-3,6,10-11,14-15H,4-5H2,1H3. The first-order chi connectivity index (χ1) is 7.06. The van der Waals surface area contributed by atoms with Crippen molar-refractivity contribution in [1.29, 1.82) is 0 Å². The fourth-order valence-corrected chi connectivity index (χ4v) is 2.07. The van der Waals surface area contributed by atoms with Crippen LogP contribution in [0.5, 0.6) is 0 Å². The molecule has 0 amide bonds. The van der Waals surface area contributed by atoms with Gasteiger partial charge in [0.15, 0.2) is 0 Å². The van der Waals surface area contributed by atoms with Crippen molar-refractivity contribution in [3.8, 4) is 0 Å². The number of alkyl halides is 1. The summed E-state index contributed by atoms with van der Waals surface area (Å²) in [6.07, 6.45) is -1.33. The number of rotatable bonds is 4. The van der Waals surface area contributed by atoms with Crippen LogP contribution in [0.4, 0.5) is 0 Å². The van der Waals surface area contributed by atoms with E-state index in [-0.39, 0.29) is 0 Å². The van der Waals surface area contributed by atoms with E-state index in [1.165, 1.54) is 0 Å². The quantitative estimate of drug-likeness (QED) is 0.838. The third-order valence-electron chi connectivity index (χ3n) is 2.24. The van der Waals surface area contributed by atoms with Gasteiger partial charge in [0.2, 0.25) is 0 Å². The summed E-state index contributed by atoms with van der Waals surface area (Å²) in [4.78, 5) is 0. The highest BCUT2D eigenvalue weighted by molar-refractivity contribution is 9.10. The van der Waals surface area contributed by atoms with Crippen molar-refractivity contribution in [2.24, 2.45) is 0 Å². The summed E-state index contributed by atoms with van der Waals surface area (Å²) in [6, 6.07) is 5.65. The van der Waals surface area contributed by atoms with Gasteiger partial charge < -0.3 is 10.2 Å². The average molecular weight is 294 g/mol. The van der Waals surface area contributed by atoms with Gasteiger partial charge in [-0.15, -0.1) is 11.6 Å². The Morgan fingerprint density at radius 2 is 2.07 bits per heavy atom. The zero-order chi connectivity index (χ0) is 11.4. The van der Waals surface area contributed by atoms with Crippen LogP contribution in [0.2, 0.25) is 0 Å².